The van der Waals surface area contributed by atoms with Crippen LogP contribution < -0.4 is 10.9 Å². The molecule has 4 rings (SSSR count). The number of hydrogen-bond acceptors (Lipinski definition) is 4. The van der Waals surface area contributed by atoms with Crippen molar-refractivity contribution in [2.24, 2.45) is 0 Å². The Hall–Kier alpha value is -3.20. The number of carbonyl (C=O) groups is 1. The number of halogens is 3. The maximum absolute atomic E-state index is 13.0. The summed E-state index contributed by atoms with van der Waals surface area (Å²) < 4.78 is 44.2. The second-order valence-electron chi connectivity index (χ2n) is 7.07. The molecule has 156 valence electrons. The van der Waals surface area contributed by atoms with E-state index in [2.05, 4.69) is 15.3 Å². The molecule has 0 fully saturated rings. The van der Waals surface area contributed by atoms with Crippen molar-refractivity contribution in [1.82, 2.24) is 15.3 Å². The Morgan fingerprint density at radius 1 is 1.23 bits per heavy atom. The lowest BCUT2D eigenvalue weighted by atomic mass is 9.96. The summed E-state index contributed by atoms with van der Waals surface area (Å²) in [6.07, 6.45) is 2.94. The van der Waals surface area contributed by atoms with E-state index >= 15 is 0 Å². The van der Waals surface area contributed by atoms with Gasteiger partial charge < -0.3 is 15.0 Å². The number of alkyl halides is 3. The number of benzene rings is 1. The first-order chi connectivity index (χ1) is 14.3. The highest BCUT2D eigenvalue weighted by molar-refractivity contribution is 5.93. The lowest BCUT2D eigenvalue weighted by Crippen LogP contribution is -2.35. The minimum Gasteiger partial charge on any atom is -0.374 e. The summed E-state index contributed by atoms with van der Waals surface area (Å²) in [7, 11) is 0. The van der Waals surface area contributed by atoms with Crippen LogP contribution in [0.2, 0.25) is 0 Å². The van der Waals surface area contributed by atoms with Gasteiger partial charge in [-0.3, -0.25) is 9.59 Å². The number of fused-ring (bicyclic) bond motifs is 1. The number of nitrogens with zero attached hydrogens (tertiary/aromatic N) is 1. The first-order valence-corrected chi connectivity index (χ1v) is 9.38. The van der Waals surface area contributed by atoms with E-state index in [9.17, 15) is 22.8 Å². The molecule has 1 aliphatic heterocycles. The summed E-state index contributed by atoms with van der Waals surface area (Å²) in [6, 6.07) is 3.79. The molecule has 0 spiro atoms. The molecule has 6 nitrogen and oxygen atoms in total. The molecule has 0 bridgehead atoms. The summed E-state index contributed by atoms with van der Waals surface area (Å²) in [6.45, 7) is 0.132. The zero-order valence-electron chi connectivity index (χ0n) is 15.8. The molecule has 2 aromatic rings. The minimum atomic E-state index is -4.46. The molecule has 2 heterocycles. The summed E-state index contributed by atoms with van der Waals surface area (Å²) in [4.78, 5) is 31.6. The van der Waals surface area contributed by atoms with Crippen LogP contribution in [0.5, 0.6) is 0 Å². The quantitative estimate of drug-likeness (QED) is 0.801. The molecule has 1 atom stereocenters. The number of nitrogens with one attached hydrogen (secondary N) is 2. The number of aromatic amines is 1. The number of hydrogen-bond donors (Lipinski definition) is 2. The van der Waals surface area contributed by atoms with E-state index in [0.717, 1.165) is 36.6 Å². The Morgan fingerprint density at radius 3 is 2.80 bits per heavy atom. The lowest BCUT2D eigenvalue weighted by molar-refractivity contribution is -0.137. The van der Waals surface area contributed by atoms with Gasteiger partial charge in [0.1, 0.15) is 11.5 Å². The van der Waals surface area contributed by atoms with Gasteiger partial charge in [0.15, 0.2) is 0 Å². The maximum atomic E-state index is 13.0. The Morgan fingerprint density at radius 2 is 2.07 bits per heavy atom. The second kappa shape index (κ2) is 7.91. The second-order valence-corrected chi connectivity index (χ2v) is 7.07. The summed E-state index contributed by atoms with van der Waals surface area (Å²) in [5.41, 5.74) is 0.308. The van der Waals surface area contributed by atoms with Crippen molar-refractivity contribution >= 4 is 11.5 Å². The molecular formula is C21H18F3N3O3. The molecule has 1 unspecified atom stereocenters. The number of aromatic nitrogens is 2. The van der Waals surface area contributed by atoms with Gasteiger partial charge in [-0.2, -0.15) is 13.2 Å². The van der Waals surface area contributed by atoms with Crippen LogP contribution >= 0.6 is 0 Å². The average molecular weight is 417 g/mol. The highest BCUT2D eigenvalue weighted by Crippen LogP contribution is 2.33. The Balaban J connectivity index is 1.58. The van der Waals surface area contributed by atoms with E-state index in [1.807, 2.05) is 18.2 Å². The number of allylic oxidation sites excluding steroid dienone is 4. The van der Waals surface area contributed by atoms with Crippen LogP contribution in [-0.4, -0.2) is 22.5 Å². The third-order valence-electron chi connectivity index (χ3n) is 4.94. The number of H-pyrrole nitrogens is 1. The van der Waals surface area contributed by atoms with Crippen molar-refractivity contribution in [2.45, 2.75) is 31.7 Å². The monoisotopic (exact) mass is 417 g/mol. The van der Waals surface area contributed by atoms with Crippen LogP contribution in [0.3, 0.4) is 0 Å². The Bertz CT molecular complexity index is 1100. The fraction of sp³-hybridized carbons (Fsp3) is 0.286. The highest BCUT2D eigenvalue weighted by Gasteiger charge is 2.33. The van der Waals surface area contributed by atoms with Crippen LogP contribution in [0.15, 0.2) is 47.3 Å². The number of amides is 1. The molecule has 30 heavy (non-hydrogen) atoms. The Kier molecular flexibility index (Phi) is 5.29. The fourth-order valence-electron chi connectivity index (χ4n) is 3.47. The van der Waals surface area contributed by atoms with Gasteiger partial charge in [-0.05, 0) is 36.1 Å². The topological polar surface area (TPSA) is 84.1 Å². The third-order valence-corrected chi connectivity index (χ3v) is 4.94. The van der Waals surface area contributed by atoms with Crippen LogP contribution in [0, 0.1) is 0 Å². The van der Waals surface area contributed by atoms with Crippen molar-refractivity contribution in [1.29, 1.82) is 0 Å². The minimum absolute atomic E-state index is 0.0273. The molecular weight excluding hydrogens is 399 g/mol. The van der Waals surface area contributed by atoms with Crippen LogP contribution in [0.25, 0.3) is 5.57 Å². The molecule has 0 saturated heterocycles. The lowest BCUT2D eigenvalue weighted by Gasteiger charge is -2.27. The Labute approximate surface area is 169 Å². The molecule has 0 saturated carbocycles. The van der Waals surface area contributed by atoms with Crippen molar-refractivity contribution < 1.29 is 22.7 Å². The zero-order valence-corrected chi connectivity index (χ0v) is 15.8. The largest absolute Gasteiger partial charge is 0.416 e. The molecule has 2 N–H and O–H groups in total. The van der Waals surface area contributed by atoms with E-state index in [1.54, 1.807) is 0 Å². The van der Waals surface area contributed by atoms with Gasteiger partial charge in [0.2, 0.25) is 0 Å². The van der Waals surface area contributed by atoms with Crippen molar-refractivity contribution in [3.05, 3.63) is 81.1 Å². The summed E-state index contributed by atoms with van der Waals surface area (Å²) in [5, 5.41) is 2.71. The van der Waals surface area contributed by atoms with Gasteiger partial charge in [-0.15, -0.1) is 0 Å². The fourth-order valence-corrected chi connectivity index (χ4v) is 3.47. The van der Waals surface area contributed by atoms with Gasteiger partial charge in [0.05, 0.1) is 24.8 Å². The van der Waals surface area contributed by atoms with Crippen molar-refractivity contribution in [2.75, 3.05) is 6.61 Å². The maximum Gasteiger partial charge on any atom is 0.416 e. The van der Waals surface area contributed by atoms with Gasteiger partial charge in [-0.1, -0.05) is 24.3 Å². The number of ether oxygens (including phenoxy) is 1. The molecule has 9 heteroatoms. The summed E-state index contributed by atoms with van der Waals surface area (Å²) in [5.74, 6) is -0.317. The van der Waals surface area contributed by atoms with E-state index in [1.165, 1.54) is 6.07 Å². The number of rotatable bonds is 3. The van der Waals surface area contributed by atoms with Crippen LogP contribution in [0.4, 0.5) is 13.2 Å². The molecule has 2 aliphatic rings. The molecule has 1 aliphatic carbocycles. The van der Waals surface area contributed by atoms with E-state index < -0.39 is 29.2 Å². The van der Waals surface area contributed by atoms with Gasteiger partial charge in [0, 0.05) is 11.6 Å². The van der Waals surface area contributed by atoms with E-state index in [-0.39, 0.29) is 18.9 Å². The first kappa shape index (κ1) is 20.1. The van der Waals surface area contributed by atoms with E-state index in [4.69, 9.17) is 4.74 Å². The normalized spacial score (nSPS) is 18.5. The standard InChI is InChI=1S/C21H18F3N3O3/c22-21(23,24)14-6-7-15-13(8-14)10-30-11-17(15)26-20(29)16-9-18(28)27-19(25-16)12-4-2-1-3-5-12/h2,4-9,17H,1,3,10-11H2,(H,26,29)(H,25,27,28). The molecule has 0 radical (unpaired) electrons. The first-order valence-electron chi connectivity index (χ1n) is 9.38. The predicted molar refractivity (Wildman–Crippen MR) is 103 cm³/mol. The molecule has 1 amide bonds. The van der Waals surface area contributed by atoms with Crippen LogP contribution in [-0.2, 0) is 17.5 Å². The average Bonchev–Trinajstić information content (AvgIpc) is 2.73. The predicted octanol–water partition coefficient (Wildman–Crippen LogP) is 3.52. The van der Waals surface area contributed by atoms with Gasteiger partial charge in [0.25, 0.3) is 11.5 Å². The molecule has 1 aromatic carbocycles. The van der Waals surface area contributed by atoms with Crippen molar-refractivity contribution in [3.8, 4) is 0 Å². The van der Waals surface area contributed by atoms with E-state index in [0.29, 0.717) is 17.0 Å². The molecule has 1 aromatic heterocycles. The highest BCUT2D eigenvalue weighted by atomic mass is 19.4. The van der Waals surface area contributed by atoms with Gasteiger partial charge in [-0.25, -0.2) is 4.98 Å². The smallest absolute Gasteiger partial charge is 0.374 e. The SMILES string of the molecule is O=C(NC1COCc2cc(C(F)(F)F)ccc21)c1cc(=O)[nH]c(C2=CCCC=C2)n1. The third kappa shape index (κ3) is 4.20. The van der Waals surface area contributed by atoms with Gasteiger partial charge >= 0.3 is 6.18 Å². The summed E-state index contributed by atoms with van der Waals surface area (Å²) >= 11 is 0. The van der Waals surface area contributed by atoms with Crippen molar-refractivity contribution in [3.63, 3.8) is 0 Å². The number of carbonyl (C=O) groups excluding carboxylic acids is 1. The van der Waals surface area contributed by atoms with Crippen LogP contribution in [0.1, 0.15) is 51.9 Å². The zero-order chi connectivity index (χ0) is 21.3.